The highest BCUT2D eigenvalue weighted by Gasteiger charge is 2.28. The summed E-state index contributed by atoms with van der Waals surface area (Å²) in [5.74, 6) is 0.914. The molecular formula is C19H21Cl2N5S. The van der Waals surface area contributed by atoms with E-state index in [1.807, 2.05) is 29.7 Å². The standard InChI is InChI=1S/C19H21Cl2N5S/c1-12-16(27-14-5-3-4-13(20)15(14)21)17-23-8-11-26(17)18(24-12)25-9-6-19(2,22)7-10-25/h3-5,8,11H,6-7,9-10,22H2,1-2H3. The highest BCUT2D eigenvalue weighted by molar-refractivity contribution is 7.99. The molecule has 1 aliphatic heterocycles. The molecule has 27 heavy (non-hydrogen) atoms. The molecule has 1 aromatic carbocycles. The van der Waals surface area contributed by atoms with Crippen LogP contribution < -0.4 is 10.6 Å². The van der Waals surface area contributed by atoms with Gasteiger partial charge in [-0.3, -0.25) is 4.40 Å². The number of halogens is 2. The van der Waals surface area contributed by atoms with Gasteiger partial charge in [-0.25, -0.2) is 9.97 Å². The Bertz CT molecular complexity index is 991. The van der Waals surface area contributed by atoms with Crippen molar-refractivity contribution in [1.82, 2.24) is 14.4 Å². The minimum absolute atomic E-state index is 0.0985. The summed E-state index contributed by atoms with van der Waals surface area (Å²) >= 11 is 14.1. The molecule has 8 heteroatoms. The molecule has 0 bridgehead atoms. The van der Waals surface area contributed by atoms with E-state index < -0.39 is 0 Å². The molecule has 0 unspecified atom stereocenters. The first-order valence-corrected chi connectivity index (χ1v) is 10.4. The third kappa shape index (κ3) is 3.63. The van der Waals surface area contributed by atoms with Gasteiger partial charge in [0.15, 0.2) is 5.65 Å². The second kappa shape index (κ2) is 7.17. The zero-order valence-corrected chi connectivity index (χ0v) is 17.6. The quantitative estimate of drug-likeness (QED) is 0.656. The molecule has 5 nitrogen and oxygen atoms in total. The maximum absolute atomic E-state index is 6.38. The Morgan fingerprint density at radius 2 is 1.96 bits per heavy atom. The Hall–Kier alpha value is -1.47. The van der Waals surface area contributed by atoms with E-state index in [4.69, 9.17) is 33.9 Å². The lowest BCUT2D eigenvalue weighted by molar-refractivity contribution is 0.361. The summed E-state index contributed by atoms with van der Waals surface area (Å²) in [6, 6.07) is 5.64. The number of hydrogen-bond donors (Lipinski definition) is 1. The average molecular weight is 422 g/mol. The monoisotopic (exact) mass is 421 g/mol. The summed E-state index contributed by atoms with van der Waals surface area (Å²) in [6.45, 7) is 5.90. The van der Waals surface area contributed by atoms with Gasteiger partial charge < -0.3 is 10.6 Å². The van der Waals surface area contributed by atoms with Crippen LogP contribution >= 0.6 is 35.0 Å². The van der Waals surface area contributed by atoms with E-state index in [2.05, 4.69) is 16.8 Å². The summed E-state index contributed by atoms with van der Waals surface area (Å²) in [6.07, 6.45) is 5.65. The van der Waals surface area contributed by atoms with Gasteiger partial charge in [0, 0.05) is 35.9 Å². The largest absolute Gasteiger partial charge is 0.342 e. The number of nitrogens with two attached hydrogens (primary N) is 1. The van der Waals surface area contributed by atoms with Gasteiger partial charge in [0.05, 0.1) is 20.6 Å². The predicted molar refractivity (Wildman–Crippen MR) is 112 cm³/mol. The van der Waals surface area contributed by atoms with Crippen LogP contribution in [0.5, 0.6) is 0 Å². The van der Waals surface area contributed by atoms with Crippen LogP contribution in [-0.2, 0) is 0 Å². The van der Waals surface area contributed by atoms with E-state index in [9.17, 15) is 0 Å². The maximum Gasteiger partial charge on any atom is 0.211 e. The van der Waals surface area contributed by atoms with Crippen molar-refractivity contribution in [3.05, 3.63) is 46.3 Å². The fourth-order valence-corrected chi connectivity index (χ4v) is 4.76. The van der Waals surface area contributed by atoms with Gasteiger partial charge in [-0.1, -0.05) is 41.0 Å². The van der Waals surface area contributed by atoms with E-state index in [1.54, 1.807) is 24.0 Å². The number of hydrogen-bond acceptors (Lipinski definition) is 5. The van der Waals surface area contributed by atoms with Gasteiger partial charge in [0.2, 0.25) is 5.95 Å². The molecule has 0 atom stereocenters. The normalized spacial score (nSPS) is 16.9. The third-order valence-corrected chi connectivity index (χ3v) is 7.15. The Balaban J connectivity index is 1.73. The fraction of sp³-hybridized carbons (Fsp3) is 0.368. The van der Waals surface area contributed by atoms with E-state index in [0.717, 1.165) is 53.0 Å². The molecule has 1 aliphatic rings. The summed E-state index contributed by atoms with van der Waals surface area (Å²) < 4.78 is 2.05. The van der Waals surface area contributed by atoms with Crippen LogP contribution in [0.1, 0.15) is 25.5 Å². The lowest BCUT2D eigenvalue weighted by atomic mass is 9.91. The molecule has 142 valence electrons. The summed E-state index contributed by atoms with van der Waals surface area (Å²) in [5, 5.41) is 1.09. The Labute approximate surface area is 172 Å². The van der Waals surface area contributed by atoms with E-state index in [1.165, 1.54) is 0 Å². The van der Waals surface area contributed by atoms with Crippen molar-refractivity contribution in [1.29, 1.82) is 0 Å². The van der Waals surface area contributed by atoms with Crippen molar-refractivity contribution in [3.8, 4) is 0 Å². The third-order valence-electron chi connectivity index (χ3n) is 4.97. The molecule has 0 aliphatic carbocycles. The van der Waals surface area contributed by atoms with Crippen molar-refractivity contribution < 1.29 is 0 Å². The SMILES string of the molecule is Cc1nc(N2CCC(C)(N)CC2)n2ccnc2c1Sc1cccc(Cl)c1Cl. The maximum atomic E-state index is 6.38. The molecule has 4 rings (SSSR count). The van der Waals surface area contributed by atoms with E-state index >= 15 is 0 Å². The topological polar surface area (TPSA) is 59.5 Å². The van der Waals surface area contributed by atoms with Gasteiger partial charge in [-0.2, -0.15) is 0 Å². The lowest BCUT2D eigenvalue weighted by Crippen LogP contribution is -2.48. The van der Waals surface area contributed by atoms with Gasteiger partial charge >= 0.3 is 0 Å². The van der Waals surface area contributed by atoms with Crippen molar-refractivity contribution in [2.24, 2.45) is 5.73 Å². The number of fused-ring (bicyclic) bond motifs is 1. The number of aryl methyl sites for hydroxylation is 1. The molecular weight excluding hydrogens is 401 g/mol. The van der Waals surface area contributed by atoms with Gasteiger partial charge in [0.25, 0.3) is 0 Å². The van der Waals surface area contributed by atoms with Gasteiger partial charge in [-0.15, -0.1) is 0 Å². The Morgan fingerprint density at radius 3 is 2.70 bits per heavy atom. The molecule has 0 radical (unpaired) electrons. The second-order valence-electron chi connectivity index (χ2n) is 7.24. The highest BCUT2D eigenvalue weighted by atomic mass is 35.5. The van der Waals surface area contributed by atoms with Crippen molar-refractivity contribution in [3.63, 3.8) is 0 Å². The van der Waals surface area contributed by atoms with E-state index in [0.29, 0.717) is 10.0 Å². The van der Waals surface area contributed by atoms with Crippen LogP contribution in [0.15, 0.2) is 40.4 Å². The van der Waals surface area contributed by atoms with E-state index in [-0.39, 0.29) is 5.54 Å². The van der Waals surface area contributed by atoms with Crippen molar-refractivity contribution in [2.75, 3.05) is 18.0 Å². The Morgan fingerprint density at radius 1 is 1.22 bits per heavy atom. The Kier molecular flexibility index (Phi) is 5.01. The number of anilines is 1. The number of imidazole rings is 1. The smallest absolute Gasteiger partial charge is 0.211 e. The first-order chi connectivity index (χ1) is 12.9. The molecule has 0 spiro atoms. The number of piperidine rings is 1. The van der Waals surface area contributed by atoms with Crippen LogP contribution in [0.25, 0.3) is 5.65 Å². The van der Waals surface area contributed by atoms with Crippen LogP contribution in [-0.4, -0.2) is 33.0 Å². The number of aromatic nitrogens is 3. The molecule has 3 heterocycles. The second-order valence-corrected chi connectivity index (χ2v) is 9.08. The zero-order chi connectivity index (χ0) is 19.2. The van der Waals surface area contributed by atoms with Crippen LogP contribution in [0.3, 0.4) is 0 Å². The highest BCUT2D eigenvalue weighted by Crippen LogP contribution is 2.40. The van der Waals surface area contributed by atoms with Crippen LogP contribution in [0.4, 0.5) is 5.95 Å². The fourth-order valence-electron chi connectivity index (χ4n) is 3.28. The molecule has 3 aromatic rings. The first-order valence-electron chi connectivity index (χ1n) is 8.85. The molecule has 2 aromatic heterocycles. The molecule has 1 saturated heterocycles. The number of nitrogens with zero attached hydrogens (tertiary/aromatic N) is 4. The predicted octanol–water partition coefficient (Wildman–Crippen LogP) is 4.81. The first kappa shape index (κ1) is 18.9. The molecule has 2 N–H and O–H groups in total. The zero-order valence-electron chi connectivity index (χ0n) is 15.2. The average Bonchev–Trinajstić information content (AvgIpc) is 3.10. The van der Waals surface area contributed by atoms with Crippen molar-refractivity contribution in [2.45, 2.75) is 42.0 Å². The lowest BCUT2D eigenvalue weighted by Gasteiger charge is -2.37. The van der Waals surface area contributed by atoms with Crippen LogP contribution in [0, 0.1) is 6.92 Å². The number of benzene rings is 1. The van der Waals surface area contributed by atoms with Crippen LogP contribution in [0.2, 0.25) is 10.0 Å². The van der Waals surface area contributed by atoms with Gasteiger partial charge in [-0.05, 0) is 38.8 Å². The minimum atomic E-state index is -0.0985. The molecule has 0 amide bonds. The van der Waals surface area contributed by atoms with Gasteiger partial charge in [0.1, 0.15) is 0 Å². The summed E-state index contributed by atoms with van der Waals surface area (Å²) in [7, 11) is 0. The van der Waals surface area contributed by atoms with Crippen molar-refractivity contribution >= 4 is 46.6 Å². The summed E-state index contributed by atoms with van der Waals surface area (Å²) in [5.41, 5.74) is 7.98. The summed E-state index contributed by atoms with van der Waals surface area (Å²) in [4.78, 5) is 13.7. The molecule has 1 fully saturated rings. The number of rotatable bonds is 3. The minimum Gasteiger partial charge on any atom is -0.342 e. The molecule has 0 saturated carbocycles.